The number of phenols is 1. The first kappa shape index (κ1) is 15.5. The molecular formula is C22H19NO2. The molecule has 1 aliphatic heterocycles. The Bertz CT molecular complexity index is 959. The molecule has 0 aromatic heterocycles. The van der Waals surface area contributed by atoms with Crippen molar-refractivity contribution in [1.82, 2.24) is 0 Å². The lowest BCUT2D eigenvalue weighted by atomic mass is 9.81. The van der Waals surface area contributed by atoms with E-state index in [2.05, 4.69) is 24.8 Å². The summed E-state index contributed by atoms with van der Waals surface area (Å²) in [5.41, 5.74) is 3.17. The van der Waals surface area contributed by atoms with Gasteiger partial charge in [-0.1, -0.05) is 48.5 Å². The predicted molar refractivity (Wildman–Crippen MR) is 101 cm³/mol. The molecule has 1 unspecified atom stereocenters. The number of amides is 1. The highest BCUT2D eigenvalue weighted by Crippen LogP contribution is 2.44. The van der Waals surface area contributed by atoms with Crippen LogP contribution in [-0.4, -0.2) is 17.6 Å². The summed E-state index contributed by atoms with van der Waals surface area (Å²) >= 11 is 0. The van der Waals surface area contributed by atoms with E-state index in [1.54, 1.807) is 18.2 Å². The Morgan fingerprint density at radius 1 is 1.08 bits per heavy atom. The number of phenolic OH excluding ortho intramolecular Hbond substituents is 1. The van der Waals surface area contributed by atoms with Crippen LogP contribution < -0.4 is 4.90 Å². The molecule has 1 N–H and O–H groups in total. The molecule has 124 valence electrons. The van der Waals surface area contributed by atoms with E-state index >= 15 is 0 Å². The molecule has 3 aromatic rings. The second-order valence-electron chi connectivity index (χ2n) is 6.36. The van der Waals surface area contributed by atoms with Gasteiger partial charge in [-0.2, -0.15) is 0 Å². The molecule has 1 amide bonds. The molecule has 3 nitrogen and oxygen atoms in total. The van der Waals surface area contributed by atoms with E-state index in [0.717, 1.165) is 16.6 Å². The van der Waals surface area contributed by atoms with E-state index in [9.17, 15) is 9.90 Å². The fraction of sp³-hybridized carbons (Fsp3) is 0.136. The number of nitrogens with zero attached hydrogens (tertiary/aromatic N) is 1. The van der Waals surface area contributed by atoms with Crippen molar-refractivity contribution in [2.45, 2.75) is 12.3 Å². The van der Waals surface area contributed by atoms with Crippen LogP contribution in [0.1, 0.15) is 23.5 Å². The Morgan fingerprint density at radius 3 is 2.60 bits per heavy atom. The van der Waals surface area contributed by atoms with Gasteiger partial charge >= 0.3 is 0 Å². The van der Waals surface area contributed by atoms with Gasteiger partial charge in [-0.3, -0.25) is 4.79 Å². The molecule has 4 rings (SSSR count). The van der Waals surface area contributed by atoms with Crippen LogP contribution in [0.4, 0.5) is 5.69 Å². The maximum atomic E-state index is 12.8. The number of aromatic hydroxyl groups is 1. The number of rotatable bonds is 3. The number of hydrogen-bond donors (Lipinski definition) is 1. The molecule has 1 heterocycles. The van der Waals surface area contributed by atoms with Crippen molar-refractivity contribution in [3.05, 3.63) is 84.4 Å². The summed E-state index contributed by atoms with van der Waals surface area (Å²) in [5.74, 6) is 0.313. The molecular weight excluding hydrogens is 310 g/mol. The standard InChI is InChI=1S/C22H19NO2/c1-2-13-23-20-12-9-15-5-3-4-6-18(15)22(20)19(14-21(23)25)16-7-10-17(24)11-8-16/h2-12,19,24H,1,13-14H2. The third-order valence-corrected chi connectivity index (χ3v) is 4.87. The molecule has 25 heavy (non-hydrogen) atoms. The van der Waals surface area contributed by atoms with Crippen LogP contribution in [0.15, 0.2) is 73.3 Å². The largest absolute Gasteiger partial charge is 0.508 e. The minimum Gasteiger partial charge on any atom is -0.508 e. The minimum atomic E-state index is -0.0183. The summed E-state index contributed by atoms with van der Waals surface area (Å²) in [6.07, 6.45) is 2.18. The molecule has 0 spiro atoms. The lowest BCUT2D eigenvalue weighted by Crippen LogP contribution is -2.37. The van der Waals surface area contributed by atoms with E-state index in [4.69, 9.17) is 0 Å². The molecule has 0 aliphatic carbocycles. The van der Waals surface area contributed by atoms with E-state index in [0.29, 0.717) is 13.0 Å². The van der Waals surface area contributed by atoms with Crippen LogP contribution in [0.25, 0.3) is 10.8 Å². The number of carbonyl (C=O) groups excluding carboxylic acids is 1. The number of carbonyl (C=O) groups is 1. The lowest BCUT2D eigenvalue weighted by molar-refractivity contribution is -0.119. The Kier molecular flexibility index (Phi) is 3.77. The zero-order chi connectivity index (χ0) is 17.4. The first-order chi connectivity index (χ1) is 12.2. The van der Waals surface area contributed by atoms with Crippen molar-refractivity contribution in [3.63, 3.8) is 0 Å². The Morgan fingerprint density at radius 2 is 1.84 bits per heavy atom. The highest BCUT2D eigenvalue weighted by atomic mass is 16.3. The van der Waals surface area contributed by atoms with E-state index < -0.39 is 0 Å². The molecule has 1 atom stereocenters. The average Bonchev–Trinajstić information content (AvgIpc) is 2.64. The first-order valence-electron chi connectivity index (χ1n) is 8.41. The van der Waals surface area contributed by atoms with Gasteiger partial charge in [0.2, 0.25) is 5.91 Å². The van der Waals surface area contributed by atoms with Gasteiger partial charge in [0.15, 0.2) is 0 Å². The normalized spacial score (nSPS) is 16.7. The summed E-state index contributed by atoms with van der Waals surface area (Å²) in [7, 11) is 0. The number of anilines is 1. The fourth-order valence-electron chi connectivity index (χ4n) is 3.73. The fourth-order valence-corrected chi connectivity index (χ4v) is 3.73. The number of benzene rings is 3. The Hall–Kier alpha value is -3.07. The molecule has 0 saturated heterocycles. The van der Waals surface area contributed by atoms with Crippen molar-refractivity contribution in [2.75, 3.05) is 11.4 Å². The van der Waals surface area contributed by atoms with Gasteiger partial charge in [0.25, 0.3) is 0 Å². The van der Waals surface area contributed by atoms with Crippen LogP contribution in [0.2, 0.25) is 0 Å². The smallest absolute Gasteiger partial charge is 0.228 e. The summed E-state index contributed by atoms with van der Waals surface area (Å²) in [6.45, 7) is 4.30. The van der Waals surface area contributed by atoms with Gasteiger partial charge in [-0.05, 0) is 40.1 Å². The van der Waals surface area contributed by atoms with Crippen molar-refractivity contribution in [3.8, 4) is 5.75 Å². The molecule has 3 heteroatoms. The molecule has 0 radical (unpaired) electrons. The van der Waals surface area contributed by atoms with Crippen LogP contribution in [0, 0.1) is 0 Å². The van der Waals surface area contributed by atoms with Gasteiger partial charge in [0.1, 0.15) is 5.75 Å². The third kappa shape index (κ3) is 2.58. The second kappa shape index (κ2) is 6.10. The molecule has 1 aliphatic rings. The first-order valence-corrected chi connectivity index (χ1v) is 8.41. The lowest BCUT2D eigenvalue weighted by Gasteiger charge is -2.35. The summed E-state index contributed by atoms with van der Waals surface area (Å²) < 4.78 is 0. The van der Waals surface area contributed by atoms with Gasteiger partial charge in [0, 0.05) is 24.6 Å². The Labute approximate surface area is 146 Å². The van der Waals surface area contributed by atoms with Crippen LogP contribution in [0.5, 0.6) is 5.75 Å². The van der Waals surface area contributed by atoms with Crippen LogP contribution >= 0.6 is 0 Å². The highest BCUT2D eigenvalue weighted by molar-refractivity contribution is 6.03. The third-order valence-electron chi connectivity index (χ3n) is 4.87. The van der Waals surface area contributed by atoms with Gasteiger partial charge in [-0.15, -0.1) is 6.58 Å². The van der Waals surface area contributed by atoms with Gasteiger partial charge in [0.05, 0.1) is 0 Å². The topological polar surface area (TPSA) is 40.5 Å². The van der Waals surface area contributed by atoms with Crippen molar-refractivity contribution < 1.29 is 9.90 Å². The van der Waals surface area contributed by atoms with E-state index in [-0.39, 0.29) is 17.6 Å². The maximum Gasteiger partial charge on any atom is 0.228 e. The van der Waals surface area contributed by atoms with Crippen molar-refractivity contribution >= 4 is 22.4 Å². The average molecular weight is 329 g/mol. The summed E-state index contributed by atoms with van der Waals surface area (Å²) in [6, 6.07) is 19.5. The molecule has 0 bridgehead atoms. The maximum absolute atomic E-state index is 12.8. The minimum absolute atomic E-state index is 0.0183. The SMILES string of the molecule is C=CCN1C(=O)CC(c2ccc(O)cc2)c2c1ccc1ccccc21. The number of hydrogen-bond acceptors (Lipinski definition) is 2. The van der Waals surface area contributed by atoms with Crippen molar-refractivity contribution in [2.24, 2.45) is 0 Å². The van der Waals surface area contributed by atoms with Gasteiger partial charge < -0.3 is 10.0 Å². The van der Waals surface area contributed by atoms with E-state index in [1.807, 2.05) is 35.2 Å². The number of fused-ring (bicyclic) bond motifs is 3. The van der Waals surface area contributed by atoms with E-state index in [1.165, 1.54) is 10.9 Å². The summed E-state index contributed by atoms with van der Waals surface area (Å²) in [4.78, 5) is 14.6. The predicted octanol–water partition coefficient (Wildman–Crippen LogP) is 4.60. The zero-order valence-corrected chi connectivity index (χ0v) is 13.9. The monoisotopic (exact) mass is 329 g/mol. The van der Waals surface area contributed by atoms with Crippen molar-refractivity contribution in [1.29, 1.82) is 0 Å². The van der Waals surface area contributed by atoms with Gasteiger partial charge in [-0.25, -0.2) is 0 Å². The second-order valence-corrected chi connectivity index (χ2v) is 6.36. The Balaban J connectivity index is 1.97. The van der Waals surface area contributed by atoms with Crippen LogP contribution in [0.3, 0.4) is 0 Å². The molecule has 3 aromatic carbocycles. The highest BCUT2D eigenvalue weighted by Gasteiger charge is 2.32. The quantitative estimate of drug-likeness (QED) is 0.713. The summed E-state index contributed by atoms with van der Waals surface area (Å²) in [5, 5.41) is 11.9. The molecule has 0 fully saturated rings. The molecule has 0 saturated carbocycles. The van der Waals surface area contributed by atoms with Crippen LogP contribution in [-0.2, 0) is 4.79 Å². The zero-order valence-electron chi connectivity index (χ0n) is 13.9.